The molecule has 0 bridgehead atoms. The molecule has 242 valence electrons. The van der Waals surface area contributed by atoms with Gasteiger partial charge in [0.15, 0.2) is 0 Å². The molecule has 1 aliphatic rings. The number of nitrogens with zero attached hydrogens (tertiary/aromatic N) is 3. The summed E-state index contributed by atoms with van der Waals surface area (Å²) in [5, 5.41) is 12.3. The van der Waals surface area contributed by atoms with Crippen molar-refractivity contribution >= 4 is 28.5 Å². The molecule has 2 atom stereocenters. The summed E-state index contributed by atoms with van der Waals surface area (Å²) in [6.45, 7) is 4.29. The van der Waals surface area contributed by atoms with Crippen LogP contribution >= 0.6 is 0 Å². The van der Waals surface area contributed by atoms with Gasteiger partial charge in [0, 0.05) is 55.1 Å². The number of carbonyl (C=O) groups excluding carboxylic acids is 1. The number of benzene rings is 2. The van der Waals surface area contributed by atoms with Gasteiger partial charge in [0.1, 0.15) is 23.2 Å². The number of ether oxygens (including phenoxy) is 1. The molecule has 14 heteroatoms. The topological polar surface area (TPSA) is 114 Å². The molecule has 2 aromatic heterocycles. The van der Waals surface area contributed by atoms with E-state index in [-0.39, 0.29) is 39.5 Å². The van der Waals surface area contributed by atoms with Crippen LogP contribution in [0.5, 0.6) is 0 Å². The number of halogens is 5. The number of aromatic nitrogens is 2. The molecule has 9 nitrogen and oxygen atoms in total. The van der Waals surface area contributed by atoms with Gasteiger partial charge in [-0.25, -0.2) is 13.6 Å². The van der Waals surface area contributed by atoms with Gasteiger partial charge in [0.2, 0.25) is 0 Å². The molecule has 0 saturated carbocycles. The minimum Gasteiger partial charge on any atom is -0.480 e. The molecular formula is C32H29F5N4O5. The molecule has 1 fully saturated rings. The summed E-state index contributed by atoms with van der Waals surface area (Å²) < 4.78 is 78.9. The lowest BCUT2D eigenvalue weighted by Gasteiger charge is -2.33. The number of carboxylic acids is 1. The number of morpholine rings is 1. The third-order valence-corrected chi connectivity index (χ3v) is 7.99. The molecule has 0 aliphatic carbocycles. The number of hydrogen-bond acceptors (Lipinski definition) is 6. The van der Waals surface area contributed by atoms with Crippen LogP contribution in [0.4, 0.5) is 27.6 Å². The molecule has 0 unspecified atom stereocenters. The van der Waals surface area contributed by atoms with Crippen LogP contribution in [0.2, 0.25) is 0 Å². The van der Waals surface area contributed by atoms with E-state index in [9.17, 15) is 32.7 Å². The van der Waals surface area contributed by atoms with E-state index in [0.717, 1.165) is 22.8 Å². The number of aliphatic carboxylic acids is 1. The monoisotopic (exact) mass is 644 g/mol. The van der Waals surface area contributed by atoms with Gasteiger partial charge >= 0.3 is 12.1 Å². The Morgan fingerprint density at radius 3 is 2.48 bits per heavy atom. The van der Waals surface area contributed by atoms with Crippen molar-refractivity contribution in [2.24, 2.45) is 7.05 Å². The van der Waals surface area contributed by atoms with E-state index >= 15 is 8.78 Å². The molecule has 5 rings (SSSR count). The maximum Gasteiger partial charge on any atom is 0.417 e. The van der Waals surface area contributed by atoms with Gasteiger partial charge in [-0.05, 0) is 43.7 Å². The van der Waals surface area contributed by atoms with Gasteiger partial charge in [-0.2, -0.15) is 13.2 Å². The smallest absolute Gasteiger partial charge is 0.417 e. The third kappa shape index (κ3) is 6.29. The number of carboxylic acid groups (broad SMARTS) is 1. The van der Waals surface area contributed by atoms with E-state index < -0.39 is 64.4 Å². The van der Waals surface area contributed by atoms with E-state index in [2.05, 4.69) is 10.3 Å². The van der Waals surface area contributed by atoms with Crippen molar-refractivity contribution < 1.29 is 41.4 Å². The van der Waals surface area contributed by atoms with Crippen molar-refractivity contribution in [3.63, 3.8) is 0 Å². The molecule has 2 N–H and O–H groups in total. The van der Waals surface area contributed by atoms with Gasteiger partial charge < -0.3 is 24.6 Å². The van der Waals surface area contributed by atoms with Crippen LogP contribution in [0, 0.1) is 18.6 Å². The summed E-state index contributed by atoms with van der Waals surface area (Å²) in [7, 11) is 1.34. The van der Waals surface area contributed by atoms with Crippen LogP contribution in [0.15, 0.2) is 53.5 Å². The molecule has 1 saturated heterocycles. The zero-order valence-corrected chi connectivity index (χ0v) is 24.9. The Bertz CT molecular complexity index is 1890. The summed E-state index contributed by atoms with van der Waals surface area (Å²) in [6, 6.07) is 6.68. The van der Waals surface area contributed by atoms with Crippen LogP contribution in [-0.2, 0) is 29.2 Å². The molecule has 2 aromatic carbocycles. The zero-order chi connectivity index (χ0) is 33.5. The quantitative estimate of drug-likeness (QED) is 0.277. The van der Waals surface area contributed by atoms with Gasteiger partial charge in [-0.3, -0.25) is 14.6 Å². The number of aryl methyl sites for hydroxylation is 1. The predicted molar refractivity (Wildman–Crippen MR) is 159 cm³/mol. The Hall–Kier alpha value is -4.85. The number of rotatable bonds is 7. The van der Waals surface area contributed by atoms with Crippen LogP contribution in [0.25, 0.3) is 22.0 Å². The summed E-state index contributed by atoms with van der Waals surface area (Å²) in [4.78, 5) is 44.3. The fourth-order valence-corrected chi connectivity index (χ4v) is 5.58. The standard InChI is InChI=1S/C32H29F5N4O5/c1-16-11-22(32(35,36)37)26(30(43)40(16)3)21-7-6-18(20-5-4-8-38-28(20)21)12-25(31(44)45)39-29(42)27-23(33)13-19(14-24(27)34)41-9-10-46-17(2)15-41/h4-8,11,13-14,17,25H,9-10,12,15H2,1-3H3,(H,39,42)(H,44,45)/t17-,25-/m0/s1. The number of hydrogen-bond donors (Lipinski definition) is 2. The van der Waals surface area contributed by atoms with Crippen molar-refractivity contribution in [3.8, 4) is 11.1 Å². The van der Waals surface area contributed by atoms with Crippen molar-refractivity contribution in [1.82, 2.24) is 14.9 Å². The summed E-state index contributed by atoms with van der Waals surface area (Å²) in [6.07, 6.45) is -4.15. The maximum atomic E-state index is 15.1. The molecule has 0 spiro atoms. The van der Waals surface area contributed by atoms with E-state index in [1.54, 1.807) is 4.90 Å². The molecule has 0 radical (unpaired) electrons. The van der Waals surface area contributed by atoms with Crippen LogP contribution in [-0.4, -0.2) is 58.4 Å². The second kappa shape index (κ2) is 12.5. The average Bonchev–Trinajstić information content (AvgIpc) is 2.99. The van der Waals surface area contributed by atoms with E-state index in [1.165, 1.54) is 44.4 Å². The fourth-order valence-electron chi connectivity index (χ4n) is 5.58. The highest BCUT2D eigenvalue weighted by atomic mass is 19.4. The normalized spacial score (nSPS) is 16.0. The Kier molecular flexibility index (Phi) is 8.85. The minimum atomic E-state index is -4.87. The number of amides is 1. The summed E-state index contributed by atoms with van der Waals surface area (Å²) >= 11 is 0. The van der Waals surface area contributed by atoms with Crippen molar-refractivity contribution in [3.05, 3.63) is 93.0 Å². The lowest BCUT2D eigenvalue weighted by molar-refractivity contribution is -0.139. The van der Waals surface area contributed by atoms with Crippen LogP contribution in [0.3, 0.4) is 0 Å². The van der Waals surface area contributed by atoms with Crippen molar-refractivity contribution in [2.45, 2.75) is 38.6 Å². The predicted octanol–water partition coefficient (Wildman–Crippen LogP) is 4.86. The summed E-state index contributed by atoms with van der Waals surface area (Å²) in [5.41, 5.74) is -3.24. The average molecular weight is 645 g/mol. The van der Waals surface area contributed by atoms with E-state index in [1.807, 2.05) is 6.92 Å². The number of fused-ring (bicyclic) bond motifs is 1. The molecule has 46 heavy (non-hydrogen) atoms. The van der Waals surface area contributed by atoms with Gasteiger partial charge in [0.25, 0.3) is 11.5 Å². The highest BCUT2D eigenvalue weighted by molar-refractivity contribution is 5.99. The Labute approximate surface area is 259 Å². The number of pyridine rings is 2. The maximum absolute atomic E-state index is 15.1. The molecule has 3 heterocycles. The molecule has 4 aromatic rings. The largest absolute Gasteiger partial charge is 0.480 e. The third-order valence-electron chi connectivity index (χ3n) is 7.99. The van der Waals surface area contributed by atoms with Crippen molar-refractivity contribution in [2.75, 3.05) is 24.6 Å². The first kappa shape index (κ1) is 32.5. The molecular weight excluding hydrogens is 615 g/mol. The van der Waals surface area contributed by atoms with Gasteiger partial charge in [0.05, 0.1) is 29.4 Å². The first-order valence-corrected chi connectivity index (χ1v) is 14.2. The lowest BCUT2D eigenvalue weighted by Crippen LogP contribution is -2.43. The Morgan fingerprint density at radius 2 is 1.85 bits per heavy atom. The second-order valence-corrected chi connectivity index (χ2v) is 11.1. The molecule has 1 aliphatic heterocycles. The first-order valence-electron chi connectivity index (χ1n) is 14.2. The van der Waals surface area contributed by atoms with E-state index in [0.29, 0.717) is 19.7 Å². The fraction of sp³-hybridized carbons (Fsp3) is 0.312. The first-order chi connectivity index (χ1) is 21.7. The Morgan fingerprint density at radius 1 is 1.15 bits per heavy atom. The number of alkyl halides is 3. The summed E-state index contributed by atoms with van der Waals surface area (Å²) in [5.74, 6) is -5.20. The van der Waals surface area contributed by atoms with Crippen LogP contribution in [0.1, 0.15) is 34.1 Å². The SMILES string of the molecule is Cc1cc(C(F)(F)F)c(-c2ccc(C[C@H](NC(=O)c3c(F)cc(N4CCO[C@@H](C)C4)cc3F)C(=O)O)c3cccnc23)c(=O)n1C. The number of anilines is 1. The van der Waals surface area contributed by atoms with E-state index in [4.69, 9.17) is 4.74 Å². The highest BCUT2D eigenvalue weighted by Crippen LogP contribution is 2.38. The number of carbonyl (C=O) groups is 2. The Balaban J connectivity index is 1.49. The second-order valence-electron chi connectivity index (χ2n) is 11.1. The van der Waals surface area contributed by atoms with Gasteiger partial charge in [-0.1, -0.05) is 18.2 Å². The van der Waals surface area contributed by atoms with Gasteiger partial charge in [-0.15, -0.1) is 0 Å². The van der Waals surface area contributed by atoms with Crippen molar-refractivity contribution in [1.29, 1.82) is 0 Å². The lowest BCUT2D eigenvalue weighted by atomic mass is 9.93. The van der Waals surface area contributed by atoms with Crippen LogP contribution < -0.4 is 15.8 Å². The molecule has 1 amide bonds. The highest BCUT2D eigenvalue weighted by Gasteiger charge is 2.37. The number of nitrogens with one attached hydrogen (secondary N) is 1. The minimum absolute atomic E-state index is 0.00738. The zero-order valence-electron chi connectivity index (χ0n) is 24.9.